The largest absolute Gasteiger partial charge is 0.455 e. The Kier molecular flexibility index (Phi) is 4.84. The summed E-state index contributed by atoms with van der Waals surface area (Å²) in [5, 5.41) is 15.8. The Morgan fingerprint density at radius 3 is 2.62 bits per heavy atom. The molecule has 8 nitrogen and oxygen atoms in total. The number of non-ortho nitro benzene ring substituents is 1. The molecule has 0 saturated heterocycles. The summed E-state index contributed by atoms with van der Waals surface area (Å²) in [6.45, 7) is 0. The summed E-state index contributed by atoms with van der Waals surface area (Å²) >= 11 is 5.87. The molecule has 0 aliphatic carbocycles. The quantitative estimate of drug-likeness (QED) is 0.282. The van der Waals surface area contributed by atoms with Crippen LogP contribution in [0.1, 0.15) is 16.3 Å². The molecular weight excluding hydrogens is 398 g/mol. The van der Waals surface area contributed by atoms with Gasteiger partial charge in [0.1, 0.15) is 17.1 Å². The highest BCUT2D eigenvalue weighted by Crippen LogP contribution is 2.25. The number of benzene rings is 2. The highest BCUT2D eigenvalue weighted by Gasteiger charge is 2.14. The second kappa shape index (κ2) is 7.61. The predicted molar refractivity (Wildman–Crippen MR) is 107 cm³/mol. The SMILES string of the molecule is O=C(N/N=C\c1ccc(-c2ccc(Cl)cc2)o1)c1cc2cc([N+](=O)[O-])ccc2o1. The highest BCUT2D eigenvalue weighted by molar-refractivity contribution is 6.30. The Morgan fingerprint density at radius 2 is 1.86 bits per heavy atom. The van der Waals surface area contributed by atoms with Gasteiger partial charge in [0.25, 0.3) is 5.69 Å². The van der Waals surface area contributed by atoms with E-state index in [0.717, 1.165) is 5.56 Å². The molecule has 1 N–H and O–H groups in total. The van der Waals surface area contributed by atoms with Crippen LogP contribution < -0.4 is 5.43 Å². The highest BCUT2D eigenvalue weighted by atomic mass is 35.5. The normalized spacial score (nSPS) is 11.2. The standard InChI is InChI=1S/C20H12ClN3O5/c21-14-3-1-12(2-4-14)17-8-6-16(28-17)11-22-23-20(25)19-10-13-9-15(24(26)27)5-7-18(13)29-19/h1-11H,(H,23,25)/b22-11-. The van der Waals surface area contributed by atoms with Gasteiger partial charge in [-0.3, -0.25) is 14.9 Å². The van der Waals surface area contributed by atoms with Crippen molar-refractivity contribution < 1.29 is 18.6 Å². The molecule has 0 bridgehead atoms. The lowest BCUT2D eigenvalue weighted by molar-refractivity contribution is -0.384. The summed E-state index contributed by atoms with van der Waals surface area (Å²) in [5.74, 6) is 0.465. The third-order valence-corrected chi connectivity index (χ3v) is 4.30. The topological polar surface area (TPSA) is 111 Å². The molecule has 0 fully saturated rings. The van der Waals surface area contributed by atoms with Crippen molar-refractivity contribution in [2.24, 2.45) is 5.10 Å². The van der Waals surface area contributed by atoms with Gasteiger partial charge in [-0.05, 0) is 48.5 Å². The van der Waals surface area contributed by atoms with E-state index in [2.05, 4.69) is 10.5 Å². The second-order valence-corrected chi connectivity index (χ2v) is 6.43. The van der Waals surface area contributed by atoms with Gasteiger partial charge >= 0.3 is 5.91 Å². The second-order valence-electron chi connectivity index (χ2n) is 6.00. The van der Waals surface area contributed by atoms with E-state index >= 15 is 0 Å². The molecule has 4 aromatic rings. The van der Waals surface area contributed by atoms with Crippen molar-refractivity contribution in [2.45, 2.75) is 0 Å². The van der Waals surface area contributed by atoms with Gasteiger partial charge in [-0.1, -0.05) is 11.6 Å². The molecule has 0 saturated carbocycles. The van der Waals surface area contributed by atoms with Crippen molar-refractivity contribution in [3.63, 3.8) is 0 Å². The lowest BCUT2D eigenvalue weighted by Crippen LogP contribution is -2.16. The van der Waals surface area contributed by atoms with E-state index in [1.54, 1.807) is 24.3 Å². The number of halogens is 1. The summed E-state index contributed by atoms with van der Waals surface area (Å²) in [7, 11) is 0. The number of hydrazone groups is 1. The summed E-state index contributed by atoms with van der Waals surface area (Å²) in [6, 6.07) is 16.2. The zero-order chi connectivity index (χ0) is 20.4. The number of nitro benzene ring substituents is 1. The molecule has 0 spiro atoms. The molecular formula is C20H12ClN3O5. The third-order valence-electron chi connectivity index (χ3n) is 4.05. The van der Waals surface area contributed by atoms with Crippen molar-refractivity contribution >= 4 is 40.4 Å². The number of carbonyl (C=O) groups is 1. The number of nitro groups is 1. The molecule has 9 heteroatoms. The van der Waals surface area contributed by atoms with Crippen LogP contribution in [0.25, 0.3) is 22.3 Å². The monoisotopic (exact) mass is 409 g/mol. The zero-order valence-corrected chi connectivity index (χ0v) is 15.4. The Labute approximate surface area is 168 Å². The molecule has 2 aromatic carbocycles. The molecule has 29 heavy (non-hydrogen) atoms. The van der Waals surface area contributed by atoms with E-state index in [0.29, 0.717) is 27.5 Å². The maximum atomic E-state index is 12.2. The molecule has 0 aliphatic heterocycles. The average molecular weight is 410 g/mol. The van der Waals surface area contributed by atoms with Gasteiger partial charge in [-0.15, -0.1) is 0 Å². The summed E-state index contributed by atoms with van der Waals surface area (Å²) in [5.41, 5.74) is 3.46. The summed E-state index contributed by atoms with van der Waals surface area (Å²) < 4.78 is 11.0. The number of hydrogen-bond donors (Lipinski definition) is 1. The van der Waals surface area contributed by atoms with Crippen molar-refractivity contribution in [3.05, 3.63) is 87.3 Å². The minimum Gasteiger partial charge on any atom is -0.455 e. The van der Waals surface area contributed by atoms with Gasteiger partial charge in [-0.25, -0.2) is 5.43 Å². The molecule has 2 heterocycles. The van der Waals surface area contributed by atoms with E-state index in [-0.39, 0.29) is 11.4 Å². The van der Waals surface area contributed by atoms with Crippen molar-refractivity contribution in [1.29, 1.82) is 0 Å². The average Bonchev–Trinajstić information content (AvgIpc) is 3.35. The number of nitrogens with zero attached hydrogens (tertiary/aromatic N) is 2. The first-order chi connectivity index (χ1) is 14.0. The fraction of sp³-hybridized carbons (Fsp3) is 0. The van der Waals surface area contributed by atoms with Crippen LogP contribution in [0.3, 0.4) is 0 Å². The fourth-order valence-electron chi connectivity index (χ4n) is 2.66. The van der Waals surface area contributed by atoms with E-state index in [9.17, 15) is 14.9 Å². The van der Waals surface area contributed by atoms with Crippen LogP contribution in [0.4, 0.5) is 5.69 Å². The summed E-state index contributed by atoms with van der Waals surface area (Å²) in [6.07, 6.45) is 1.35. The van der Waals surface area contributed by atoms with E-state index in [1.807, 2.05) is 12.1 Å². The summed E-state index contributed by atoms with van der Waals surface area (Å²) in [4.78, 5) is 22.5. The number of furan rings is 2. The molecule has 4 rings (SSSR count). The number of hydrogen-bond acceptors (Lipinski definition) is 6. The lowest BCUT2D eigenvalue weighted by Gasteiger charge is -1.96. The first-order valence-corrected chi connectivity index (χ1v) is 8.74. The van der Waals surface area contributed by atoms with Gasteiger partial charge in [-0.2, -0.15) is 5.10 Å². The van der Waals surface area contributed by atoms with E-state index in [4.69, 9.17) is 20.4 Å². The molecule has 0 unspecified atom stereocenters. The smallest absolute Gasteiger partial charge is 0.307 e. The minimum atomic E-state index is -0.593. The van der Waals surface area contributed by atoms with E-state index in [1.165, 1.54) is 30.5 Å². The fourth-order valence-corrected chi connectivity index (χ4v) is 2.78. The van der Waals surface area contributed by atoms with Crippen molar-refractivity contribution in [3.8, 4) is 11.3 Å². The van der Waals surface area contributed by atoms with Gasteiger partial charge in [0, 0.05) is 28.1 Å². The van der Waals surface area contributed by atoms with Crippen LogP contribution in [-0.4, -0.2) is 17.0 Å². The van der Waals surface area contributed by atoms with Crippen LogP contribution in [0.2, 0.25) is 5.02 Å². The molecule has 1 amide bonds. The van der Waals surface area contributed by atoms with Crippen LogP contribution in [-0.2, 0) is 0 Å². The Hall–Kier alpha value is -3.91. The number of rotatable bonds is 5. The molecule has 0 radical (unpaired) electrons. The Morgan fingerprint density at radius 1 is 1.07 bits per heavy atom. The molecule has 2 aromatic heterocycles. The maximum Gasteiger partial charge on any atom is 0.307 e. The molecule has 144 valence electrons. The third kappa shape index (κ3) is 4.02. The minimum absolute atomic E-state index is 0.0149. The number of carbonyl (C=O) groups excluding carboxylic acids is 1. The van der Waals surface area contributed by atoms with Crippen LogP contribution >= 0.6 is 11.6 Å². The number of fused-ring (bicyclic) bond motifs is 1. The Bertz CT molecular complexity index is 1240. The Balaban J connectivity index is 1.44. The first kappa shape index (κ1) is 18.5. The lowest BCUT2D eigenvalue weighted by atomic mass is 10.2. The zero-order valence-electron chi connectivity index (χ0n) is 14.7. The van der Waals surface area contributed by atoms with Crippen molar-refractivity contribution in [2.75, 3.05) is 0 Å². The number of amides is 1. The number of nitrogens with one attached hydrogen (secondary N) is 1. The van der Waals surface area contributed by atoms with Crippen molar-refractivity contribution in [1.82, 2.24) is 5.43 Å². The van der Waals surface area contributed by atoms with Crippen LogP contribution in [0.5, 0.6) is 0 Å². The predicted octanol–water partition coefficient (Wildman–Crippen LogP) is 5.02. The van der Waals surface area contributed by atoms with Gasteiger partial charge in [0.15, 0.2) is 5.76 Å². The maximum absolute atomic E-state index is 12.2. The van der Waals surface area contributed by atoms with Crippen LogP contribution in [0.15, 0.2) is 74.6 Å². The van der Waals surface area contributed by atoms with Gasteiger partial charge in [0.2, 0.25) is 0 Å². The molecule has 0 atom stereocenters. The van der Waals surface area contributed by atoms with Crippen LogP contribution in [0, 0.1) is 10.1 Å². The van der Waals surface area contributed by atoms with Gasteiger partial charge < -0.3 is 8.83 Å². The first-order valence-electron chi connectivity index (χ1n) is 8.37. The van der Waals surface area contributed by atoms with E-state index < -0.39 is 10.8 Å². The van der Waals surface area contributed by atoms with Gasteiger partial charge in [0.05, 0.1) is 11.1 Å². The molecule has 0 aliphatic rings.